The van der Waals surface area contributed by atoms with E-state index >= 15 is 0 Å². The van der Waals surface area contributed by atoms with Gasteiger partial charge in [-0.1, -0.05) is 44.5 Å². The molecule has 0 radical (unpaired) electrons. The van der Waals surface area contributed by atoms with Crippen molar-refractivity contribution < 1.29 is 9.53 Å². The average molecular weight is 249 g/mol. The molecule has 1 aromatic carbocycles. The second kappa shape index (κ2) is 6.55. The van der Waals surface area contributed by atoms with Crippen LogP contribution in [-0.4, -0.2) is 19.6 Å². The van der Waals surface area contributed by atoms with Gasteiger partial charge in [-0.05, 0) is 17.5 Å². The van der Waals surface area contributed by atoms with Gasteiger partial charge >= 0.3 is 5.97 Å². The summed E-state index contributed by atoms with van der Waals surface area (Å²) in [5.41, 5.74) is 7.89. The number of hydrogen-bond acceptors (Lipinski definition) is 3. The molecule has 18 heavy (non-hydrogen) atoms. The summed E-state index contributed by atoms with van der Waals surface area (Å²) in [4.78, 5) is 11.5. The van der Waals surface area contributed by atoms with Gasteiger partial charge in [0.25, 0.3) is 0 Å². The standard InChI is InChI=1S/C15H23NO2/c1-4-5-12-6-8-13(9-7-12)15(2,11-16)10-14(17)18-3/h6-9H,4-5,10-11,16H2,1-3H3. The summed E-state index contributed by atoms with van der Waals surface area (Å²) in [6.45, 7) is 4.59. The molecular formula is C15H23NO2. The van der Waals surface area contributed by atoms with E-state index in [4.69, 9.17) is 10.5 Å². The topological polar surface area (TPSA) is 52.3 Å². The summed E-state index contributed by atoms with van der Waals surface area (Å²) < 4.78 is 4.74. The lowest BCUT2D eigenvalue weighted by Crippen LogP contribution is -2.34. The second-order valence-electron chi connectivity index (χ2n) is 4.96. The van der Waals surface area contributed by atoms with E-state index in [1.54, 1.807) is 0 Å². The highest BCUT2D eigenvalue weighted by Crippen LogP contribution is 2.27. The van der Waals surface area contributed by atoms with Crippen LogP contribution in [0.15, 0.2) is 24.3 Å². The molecule has 0 spiro atoms. The van der Waals surface area contributed by atoms with Gasteiger partial charge in [0.1, 0.15) is 0 Å². The van der Waals surface area contributed by atoms with Crippen molar-refractivity contribution in [3.05, 3.63) is 35.4 Å². The number of nitrogens with two attached hydrogens (primary N) is 1. The molecule has 1 rings (SSSR count). The summed E-state index contributed by atoms with van der Waals surface area (Å²) in [6, 6.07) is 8.37. The Balaban J connectivity index is 2.90. The largest absolute Gasteiger partial charge is 0.469 e. The van der Waals surface area contributed by atoms with Crippen LogP contribution in [-0.2, 0) is 21.4 Å². The Morgan fingerprint density at radius 3 is 2.39 bits per heavy atom. The molecule has 100 valence electrons. The maximum Gasteiger partial charge on any atom is 0.306 e. The summed E-state index contributed by atoms with van der Waals surface area (Å²) >= 11 is 0. The highest BCUT2D eigenvalue weighted by molar-refractivity contribution is 5.71. The molecular weight excluding hydrogens is 226 g/mol. The zero-order valence-corrected chi connectivity index (χ0v) is 11.5. The van der Waals surface area contributed by atoms with Crippen molar-refractivity contribution in [3.63, 3.8) is 0 Å². The van der Waals surface area contributed by atoms with E-state index < -0.39 is 0 Å². The molecule has 0 bridgehead atoms. The highest BCUT2D eigenvalue weighted by atomic mass is 16.5. The SMILES string of the molecule is CCCc1ccc(C(C)(CN)CC(=O)OC)cc1. The molecule has 0 fully saturated rings. The highest BCUT2D eigenvalue weighted by Gasteiger charge is 2.28. The van der Waals surface area contributed by atoms with Gasteiger partial charge in [0.15, 0.2) is 0 Å². The normalized spacial score (nSPS) is 14.0. The van der Waals surface area contributed by atoms with Gasteiger partial charge in [-0.2, -0.15) is 0 Å². The molecule has 3 heteroatoms. The van der Waals surface area contributed by atoms with E-state index in [0.29, 0.717) is 13.0 Å². The quantitative estimate of drug-likeness (QED) is 0.788. The van der Waals surface area contributed by atoms with E-state index in [-0.39, 0.29) is 11.4 Å². The van der Waals surface area contributed by atoms with Crippen LogP contribution in [0.4, 0.5) is 0 Å². The maximum atomic E-state index is 11.5. The predicted molar refractivity (Wildman–Crippen MR) is 73.5 cm³/mol. The summed E-state index contributed by atoms with van der Waals surface area (Å²) in [5, 5.41) is 0. The van der Waals surface area contributed by atoms with Crippen molar-refractivity contribution in [2.75, 3.05) is 13.7 Å². The van der Waals surface area contributed by atoms with E-state index in [2.05, 4.69) is 31.2 Å². The van der Waals surface area contributed by atoms with Crippen LogP contribution >= 0.6 is 0 Å². The van der Waals surface area contributed by atoms with Crippen LogP contribution in [0.2, 0.25) is 0 Å². The Bertz CT molecular complexity index is 386. The van der Waals surface area contributed by atoms with Gasteiger partial charge in [0.05, 0.1) is 13.5 Å². The third-order valence-electron chi connectivity index (χ3n) is 3.40. The van der Waals surface area contributed by atoms with Crippen LogP contribution in [0, 0.1) is 0 Å². The van der Waals surface area contributed by atoms with Gasteiger partial charge in [0.2, 0.25) is 0 Å². The number of carbonyl (C=O) groups is 1. The number of hydrogen-bond donors (Lipinski definition) is 1. The Kier molecular flexibility index (Phi) is 5.35. The molecule has 1 aromatic rings. The van der Waals surface area contributed by atoms with E-state index in [1.807, 2.05) is 6.92 Å². The Labute approximate surface area is 109 Å². The Morgan fingerprint density at radius 1 is 1.33 bits per heavy atom. The first-order chi connectivity index (χ1) is 8.55. The number of ether oxygens (including phenoxy) is 1. The minimum absolute atomic E-state index is 0.222. The number of aryl methyl sites for hydroxylation is 1. The molecule has 0 saturated carbocycles. The number of benzene rings is 1. The molecule has 0 aliphatic heterocycles. The lowest BCUT2D eigenvalue weighted by molar-refractivity contribution is -0.141. The molecule has 0 heterocycles. The number of carbonyl (C=O) groups excluding carboxylic acids is 1. The lowest BCUT2D eigenvalue weighted by Gasteiger charge is -2.27. The van der Waals surface area contributed by atoms with E-state index in [0.717, 1.165) is 18.4 Å². The zero-order valence-electron chi connectivity index (χ0n) is 11.5. The fraction of sp³-hybridized carbons (Fsp3) is 0.533. The minimum atomic E-state index is -0.349. The Morgan fingerprint density at radius 2 is 1.94 bits per heavy atom. The van der Waals surface area contributed by atoms with Crippen LogP contribution < -0.4 is 5.73 Å². The van der Waals surface area contributed by atoms with Crippen LogP contribution in [0.5, 0.6) is 0 Å². The fourth-order valence-electron chi connectivity index (χ4n) is 2.05. The van der Waals surface area contributed by atoms with Gasteiger partial charge in [-0.15, -0.1) is 0 Å². The first-order valence-corrected chi connectivity index (χ1v) is 6.42. The summed E-state index contributed by atoms with van der Waals surface area (Å²) in [5.74, 6) is -0.222. The average Bonchev–Trinajstić information content (AvgIpc) is 2.39. The van der Waals surface area contributed by atoms with Gasteiger partial charge in [-0.3, -0.25) is 4.79 Å². The maximum absolute atomic E-state index is 11.5. The third kappa shape index (κ3) is 3.57. The Hall–Kier alpha value is -1.35. The number of esters is 1. The van der Waals surface area contributed by atoms with Crippen LogP contribution in [0.3, 0.4) is 0 Å². The fourth-order valence-corrected chi connectivity index (χ4v) is 2.05. The predicted octanol–water partition coefficient (Wildman–Crippen LogP) is 2.42. The third-order valence-corrected chi connectivity index (χ3v) is 3.40. The first kappa shape index (κ1) is 14.7. The first-order valence-electron chi connectivity index (χ1n) is 6.42. The molecule has 0 aliphatic carbocycles. The summed E-state index contributed by atoms with van der Waals surface area (Å²) in [7, 11) is 1.41. The zero-order chi connectivity index (χ0) is 13.6. The van der Waals surface area contributed by atoms with Crippen molar-refractivity contribution in [2.24, 2.45) is 5.73 Å². The van der Waals surface area contributed by atoms with Gasteiger partial charge in [-0.25, -0.2) is 0 Å². The van der Waals surface area contributed by atoms with Gasteiger partial charge in [0, 0.05) is 12.0 Å². The van der Waals surface area contributed by atoms with E-state index in [1.165, 1.54) is 12.7 Å². The molecule has 0 saturated heterocycles. The summed E-state index contributed by atoms with van der Waals surface area (Å²) in [6.07, 6.45) is 2.53. The molecule has 0 aromatic heterocycles. The molecule has 1 atom stereocenters. The monoisotopic (exact) mass is 249 g/mol. The minimum Gasteiger partial charge on any atom is -0.469 e. The molecule has 1 unspecified atom stereocenters. The van der Waals surface area contributed by atoms with Crippen molar-refractivity contribution in [2.45, 2.75) is 38.5 Å². The number of methoxy groups -OCH3 is 1. The van der Waals surface area contributed by atoms with E-state index in [9.17, 15) is 4.79 Å². The van der Waals surface area contributed by atoms with Crippen molar-refractivity contribution in [1.29, 1.82) is 0 Å². The lowest BCUT2D eigenvalue weighted by atomic mass is 9.79. The smallest absolute Gasteiger partial charge is 0.306 e. The van der Waals surface area contributed by atoms with Gasteiger partial charge < -0.3 is 10.5 Å². The van der Waals surface area contributed by atoms with Crippen molar-refractivity contribution in [1.82, 2.24) is 0 Å². The second-order valence-corrected chi connectivity index (χ2v) is 4.96. The molecule has 3 nitrogen and oxygen atoms in total. The van der Waals surface area contributed by atoms with Crippen LogP contribution in [0.1, 0.15) is 37.8 Å². The molecule has 0 amide bonds. The molecule has 0 aliphatic rings. The molecule has 2 N–H and O–H groups in total. The number of rotatable bonds is 6. The van der Waals surface area contributed by atoms with Crippen LogP contribution in [0.25, 0.3) is 0 Å². The van der Waals surface area contributed by atoms with Crippen molar-refractivity contribution >= 4 is 5.97 Å². The van der Waals surface area contributed by atoms with Crippen molar-refractivity contribution in [3.8, 4) is 0 Å².